The number of sulfone groups is 1. The van der Waals surface area contributed by atoms with Crippen molar-refractivity contribution in [2.75, 3.05) is 18.6 Å². The lowest BCUT2D eigenvalue weighted by Crippen LogP contribution is -2.37. The number of carbonyl (C=O) groups excluding carboxylic acids is 1. The largest absolute Gasteiger partial charge is 0.351 e. The Bertz CT molecular complexity index is 553. The Kier molecular flexibility index (Phi) is 4.15. The van der Waals surface area contributed by atoms with Gasteiger partial charge in [-0.05, 0) is 13.5 Å². The predicted molar refractivity (Wildman–Crippen MR) is 68.0 cm³/mol. The molecule has 0 bridgehead atoms. The summed E-state index contributed by atoms with van der Waals surface area (Å²) in [6.07, 6.45) is 2.16. The molecule has 1 unspecified atom stereocenters. The molecule has 0 saturated carbocycles. The summed E-state index contributed by atoms with van der Waals surface area (Å²) in [5.74, 6) is -0.0719. The van der Waals surface area contributed by atoms with Crippen LogP contribution in [0.15, 0.2) is 6.20 Å². The number of rotatable bonds is 5. The van der Waals surface area contributed by atoms with E-state index in [1.54, 1.807) is 13.2 Å². The van der Waals surface area contributed by atoms with Crippen molar-refractivity contribution in [1.29, 1.82) is 0 Å². The zero-order chi connectivity index (χ0) is 13.9. The summed E-state index contributed by atoms with van der Waals surface area (Å²) in [5.41, 5.74) is 0.749. The summed E-state index contributed by atoms with van der Waals surface area (Å²) < 4.78 is 24.0. The topological polar surface area (TPSA) is 106 Å². The number of nitrogens with one attached hydrogen (secondary N) is 2. The molecule has 106 valence electrons. The summed E-state index contributed by atoms with van der Waals surface area (Å²) in [5, 5.41) is 13.4. The second kappa shape index (κ2) is 5.66. The fourth-order valence-electron chi connectivity index (χ4n) is 2.01. The molecular weight excluding hydrogens is 270 g/mol. The Morgan fingerprint density at radius 2 is 2.37 bits per heavy atom. The maximum absolute atomic E-state index is 11.7. The number of hydrogen-bond donors (Lipinski definition) is 2. The number of carbonyl (C=O) groups is 1. The highest BCUT2D eigenvalue weighted by molar-refractivity contribution is 7.91. The van der Waals surface area contributed by atoms with Crippen molar-refractivity contribution in [2.45, 2.75) is 25.6 Å². The van der Waals surface area contributed by atoms with E-state index >= 15 is 0 Å². The van der Waals surface area contributed by atoms with Gasteiger partial charge in [-0.15, -0.1) is 5.10 Å². The van der Waals surface area contributed by atoms with Crippen molar-refractivity contribution >= 4 is 15.7 Å². The average Bonchev–Trinajstić information content (AvgIpc) is 2.86. The molecule has 1 atom stereocenters. The van der Waals surface area contributed by atoms with Crippen LogP contribution in [0.25, 0.3) is 0 Å². The molecule has 1 aromatic heterocycles. The molecule has 1 aromatic rings. The van der Waals surface area contributed by atoms with E-state index in [0.29, 0.717) is 13.0 Å². The van der Waals surface area contributed by atoms with Crippen LogP contribution in [-0.4, -0.2) is 53.9 Å². The molecule has 0 aromatic carbocycles. The average molecular weight is 287 g/mol. The summed E-state index contributed by atoms with van der Waals surface area (Å²) >= 11 is 0. The van der Waals surface area contributed by atoms with E-state index in [9.17, 15) is 13.2 Å². The smallest absolute Gasteiger partial charge is 0.242 e. The van der Waals surface area contributed by atoms with E-state index in [4.69, 9.17) is 0 Å². The van der Waals surface area contributed by atoms with E-state index < -0.39 is 9.84 Å². The number of amides is 1. The second-order valence-corrected chi connectivity index (χ2v) is 6.83. The van der Waals surface area contributed by atoms with Gasteiger partial charge in [0.05, 0.1) is 23.4 Å². The van der Waals surface area contributed by atoms with Gasteiger partial charge in [-0.25, -0.2) is 13.1 Å². The maximum atomic E-state index is 11.7. The minimum Gasteiger partial charge on any atom is -0.351 e. The zero-order valence-electron chi connectivity index (χ0n) is 10.7. The number of hydrogen-bond acceptors (Lipinski definition) is 6. The van der Waals surface area contributed by atoms with Gasteiger partial charge in [-0.3, -0.25) is 4.79 Å². The van der Waals surface area contributed by atoms with Gasteiger partial charge in [-0.2, -0.15) is 0 Å². The van der Waals surface area contributed by atoms with Crippen LogP contribution >= 0.6 is 0 Å². The molecule has 2 heterocycles. The lowest BCUT2D eigenvalue weighted by molar-refractivity contribution is -0.122. The van der Waals surface area contributed by atoms with Crippen molar-refractivity contribution < 1.29 is 13.2 Å². The molecule has 1 saturated heterocycles. The third-order valence-electron chi connectivity index (χ3n) is 2.85. The van der Waals surface area contributed by atoms with E-state index in [0.717, 1.165) is 5.69 Å². The fraction of sp³-hybridized carbons (Fsp3) is 0.700. The molecule has 1 aliphatic heterocycles. The van der Waals surface area contributed by atoms with Crippen LogP contribution < -0.4 is 10.6 Å². The minimum atomic E-state index is -2.97. The van der Waals surface area contributed by atoms with Crippen LogP contribution in [0.5, 0.6) is 0 Å². The molecule has 1 fully saturated rings. The Balaban J connectivity index is 1.84. The van der Waals surface area contributed by atoms with Crippen LogP contribution in [0.2, 0.25) is 0 Å². The predicted octanol–water partition coefficient (Wildman–Crippen LogP) is -1.70. The molecule has 0 spiro atoms. The van der Waals surface area contributed by atoms with Crippen molar-refractivity contribution in [1.82, 2.24) is 25.6 Å². The molecule has 19 heavy (non-hydrogen) atoms. The molecular formula is C10H17N5O3S. The molecule has 2 N–H and O–H groups in total. The first-order valence-corrected chi connectivity index (χ1v) is 7.84. The van der Waals surface area contributed by atoms with Gasteiger partial charge in [0.1, 0.15) is 6.54 Å². The van der Waals surface area contributed by atoms with Crippen LogP contribution in [0.3, 0.4) is 0 Å². The highest BCUT2D eigenvalue weighted by Gasteiger charge is 2.28. The van der Waals surface area contributed by atoms with Gasteiger partial charge in [0.15, 0.2) is 9.84 Å². The first-order valence-electron chi connectivity index (χ1n) is 6.02. The van der Waals surface area contributed by atoms with Crippen LogP contribution in [0.1, 0.15) is 12.1 Å². The van der Waals surface area contributed by atoms with Crippen molar-refractivity contribution in [2.24, 2.45) is 0 Å². The van der Waals surface area contributed by atoms with E-state index in [1.165, 1.54) is 4.68 Å². The van der Waals surface area contributed by atoms with Gasteiger partial charge in [0.2, 0.25) is 5.91 Å². The van der Waals surface area contributed by atoms with Gasteiger partial charge in [0, 0.05) is 12.6 Å². The normalized spacial score (nSPS) is 21.4. The minimum absolute atomic E-state index is 0.0289. The van der Waals surface area contributed by atoms with E-state index in [1.807, 2.05) is 0 Å². The monoisotopic (exact) mass is 287 g/mol. The van der Waals surface area contributed by atoms with Crippen molar-refractivity contribution in [3.63, 3.8) is 0 Å². The van der Waals surface area contributed by atoms with Crippen molar-refractivity contribution in [3.05, 3.63) is 11.9 Å². The van der Waals surface area contributed by atoms with Gasteiger partial charge >= 0.3 is 0 Å². The molecule has 9 heteroatoms. The third kappa shape index (κ3) is 4.00. The van der Waals surface area contributed by atoms with Crippen LogP contribution in [0.4, 0.5) is 0 Å². The Hall–Kier alpha value is -1.48. The lowest BCUT2D eigenvalue weighted by Gasteiger charge is -2.10. The van der Waals surface area contributed by atoms with Crippen LogP contribution in [-0.2, 0) is 27.7 Å². The highest BCUT2D eigenvalue weighted by Crippen LogP contribution is 2.11. The Labute approximate surface area is 111 Å². The first-order chi connectivity index (χ1) is 8.98. The van der Waals surface area contributed by atoms with Crippen molar-refractivity contribution in [3.8, 4) is 0 Å². The second-order valence-electron chi connectivity index (χ2n) is 4.61. The molecule has 0 aliphatic carbocycles. The summed E-state index contributed by atoms with van der Waals surface area (Å²) in [6.45, 7) is 0.635. The van der Waals surface area contributed by atoms with Gasteiger partial charge < -0.3 is 10.6 Å². The summed E-state index contributed by atoms with van der Waals surface area (Å²) in [4.78, 5) is 11.7. The Morgan fingerprint density at radius 3 is 3.00 bits per heavy atom. The van der Waals surface area contributed by atoms with Gasteiger partial charge in [-0.1, -0.05) is 5.21 Å². The van der Waals surface area contributed by atoms with Crippen LogP contribution in [0, 0.1) is 0 Å². The fourth-order valence-corrected chi connectivity index (χ4v) is 3.68. The summed E-state index contributed by atoms with van der Waals surface area (Å²) in [7, 11) is -1.18. The number of aromatic nitrogens is 3. The maximum Gasteiger partial charge on any atom is 0.242 e. The van der Waals surface area contributed by atoms with E-state index in [2.05, 4.69) is 20.9 Å². The molecule has 8 nitrogen and oxygen atoms in total. The van der Waals surface area contributed by atoms with E-state index in [-0.39, 0.29) is 30.0 Å². The molecule has 1 amide bonds. The van der Waals surface area contributed by atoms with Gasteiger partial charge in [0.25, 0.3) is 0 Å². The summed E-state index contributed by atoms with van der Waals surface area (Å²) in [6, 6.07) is -0.280. The molecule has 1 aliphatic rings. The standard InChI is InChI=1S/C10H17N5O3S/c1-11-4-9-5-15(14-13-9)6-10(16)12-8-2-3-19(17,18)7-8/h5,8,11H,2-4,6-7H2,1H3,(H,12,16). The number of nitrogens with zero attached hydrogens (tertiary/aromatic N) is 3. The molecule has 0 radical (unpaired) electrons. The Morgan fingerprint density at radius 1 is 1.58 bits per heavy atom. The molecule has 2 rings (SSSR count). The quantitative estimate of drug-likeness (QED) is 0.669. The highest BCUT2D eigenvalue weighted by atomic mass is 32.2. The zero-order valence-corrected chi connectivity index (χ0v) is 11.5. The SMILES string of the molecule is CNCc1cn(CC(=O)NC2CCS(=O)(=O)C2)nn1. The first kappa shape index (κ1) is 13.9. The lowest BCUT2D eigenvalue weighted by atomic mass is 10.2. The third-order valence-corrected chi connectivity index (χ3v) is 4.62.